The van der Waals surface area contributed by atoms with Crippen LogP contribution in [0.25, 0.3) is 16.9 Å². The van der Waals surface area contributed by atoms with Crippen LogP contribution in [0.3, 0.4) is 0 Å². The Kier molecular flexibility index (Phi) is 6.38. The van der Waals surface area contributed by atoms with Crippen molar-refractivity contribution in [2.45, 2.75) is 56.8 Å². The minimum absolute atomic E-state index is 0.0306. The quantitative estimate of drug-likeness (QED) is 0.467. The van der Waals surface area contributed by atoms with Crippen LogP contribution in [0.2, 0.25) is 0 Å². The normalized spacial score (nSPS) is 18.3. The molecule has 1 unspecified atom stereocenters. The van der Waals surface area contributed by atoms with E-state index in [-0.39, 0.29) is 36.3 Å². The van der Waals surface area contributed by atoms with Gasteiger partial charge in [-0.25, -0.2) is 23.1 Å². The maximum absolute atomic E-state index is 14.1. The van der Waals surface area contributed by atoms with E-state index in [1.54, 1.807) is 6.07 Å². The molecule has 1 amide bonds. The smallest absolute Gasteiger partial charge is 0.255 e. The van der Waals surface area contributed by atoms with Gasteiger partial charge in [0.15, 0.2) is 11.5 Å². The predicted octanol–water partition coefficient (Wildman–Crippen LogP) is 3.13. The zero-order valence-corrected chi connectivity index (χ0v) is 19.1. The van der Waals surface area contributed by atoms with Crippen LogP contribution in [0.15, 0.2) is 30.7 Å². The number of halogens is 3. The van der Waals surface area contributed by atoms with Gasteiger partial charge in [-0.3, -0.25) is 4.79 Å². The van der Waals surface area contributed by atoms with Crippen molar-refractivity contribution in [1.29, 1.82) is 5.26 Å². The van der Waals surface area contributed by atoms with Crippen LogP contribution in [0.1, 0.15) is 49.0 Å². The van der Waals surface area contributed by atoms with Crippen LogP contribution in [0, 0.1) is 11.3 Å². The van der Waals surface area contributed by atoms with Gasteiger partial charge in [0.2, 0.25) is 5.92 Å². The number of aromatic nitrogens is 4. The van der Waals surface area contributed by atoms with Crippen molar-refractivity contribution in [3.63, 3.8) is 0 Å². The maximum atomic E-state index is 14.1. The van der Waals surface area contributed by atoms with Crippen LogP contribution in [0.5, 0.6) is 0 Å². The first kappa shape index (κ1) is 24.4. The average molecular weight is 487 g/mol. The summed E-state index contributed by atoms with van der Waals surface area (Å²) in [6.45, 7) is 2.13. The van der Waals surface area contributed by atoms with Gasteiger partial charge in [-0.1, -0.05) is 0 Å². The fourth-order valence-electron chi connectivity index (χ4n) is 3.83. The molecule has 0 bridgehead atoms. The number of nitrogens with zero attached hydrogens (tertiary/aromatic N) is 5. The summed E-state index contributed by atoms with van der Waals surface area (Å²) in [5.41, 5.74) is -0.614. The van der Waals surface area contributed by atoms with Crippen LogP contribution < -0.4 is 10.6 Å². The number of carbonyl (C=O) groups excluding carboxylic acids is 1. The van der Waals surface area contributed by atoms with Gasteiger partial charge < -0.3 is 15.7 Å². The summed E-state index contributed by atoms with van der Waals surface area (Å²) in [6, 6.07) is 4.52. The highest BCUT2D eigenvalue weighted by molar-refractivity contribution is 5.99. The molecular formula is C23H24F3N7O2. The van der Waals surface area contributed by atoms with Crippen molar-refractivity contribution in [2.24, 2.45) is 0 Å². The highest BCUT2D eigenvalue weighted by Crippen LogP contribution is 2.37. The van der Waals surface area contributed by atoms with Crippen molar-refractivity contribution in [2.75, 3.05) is 11.9 Å². The first-order valence-electron chi connectivity index (χ1n) is 11.0. The molecule has 0 aliphatic heterocycles. The Bertz CT molecular complexity index is 1300. The molecule has 1 aliphatic carbocycles. The van der Waals surface area contributed by atoms with Crippen molar-refractivity contribution in [1.82, 2.24) is 25.1 Å². The van der Waals surface area contributed by atoms with E-state index in [1.165, 1.54) is 43.2 Å². The van der Waals surface area contributed by atoms with Crippen LogP contribution >= 0.6 is 0 Å². The number of nitriles is 1. The molecule has 3 aromatic rings. The number of alkyl halides is 3. The highest BCUT2D eigenvalue weighted by Gasteiger charge is 2.39. The standard InChI is InChI=1S/C23H24F3N7O2/c1-22(2,35)18(24)12-30-21(34)16-11-28-19(6-17(16)32-15-3-4-23(25,26)7-15)33-20-14(10-31-33)5-13(8-27)9-29-20/h5-6,9-11,15,18,35H,3-4,7,12H2,1-2H3,(H,28,32)(H,30,34)/t15?,18-/m1/s1. The summed E-state index contributed by atoms with van der Waals surface area (Å²) < 4.78 is 43.1. The molecule has 1 fully saturated rings. The highest BCUT2D eigenvalue weighted by atomic mass is 19.3. The van der Waals surface area contributed by atoms with Crippen LogP contribution in [0.4, 0.5) is 18.9 Å². The fourth-order valence-corrected chi connectivity index (χ4v) is 3.83. The Morgan fingerprint density at radius 3 is 2.77 bits per heavy atom. The number of fused-ring (bicyclic) bond motifs is 1. The lowest BCUT2D eigenvalue weighted by Gasteiger charge is -2.23. The van der Waals surface area contributed by atoms with Crippen LogP contribution in [-0.4, -0.2) is 61.0 Å². The number of carbonyl (C=O) groups is 1. The maximum Gasteiger partial charge on any atom is 0.255 e. The summed E-state index contributed by atoms with van der Waals surface area (Å²) >= 11 is 0. The lowest BCUT2D eigenvalue weighted by Crippen LogP contribution is -2.42. The Labute approximate surface area is 199 Å². The molecule has 1 aliphatic rings. The lowest BCUT2D eigenvalue weighted by molar-refractivity contribution is -0.00179. The fraction of sp³-hybridized carbons (Fsp3) is 0.435. The molecular weight excluding hydrogens is 463 g/mol. The number of hydrogen-bond donors (Lipinski definition) is 3. The monoisotopic (exact) mass is 487 g/mol. The molecule has 3 aromatic heterocycles. The van der Waals surface area contributed by atoms with E-state index in [4.69, 9.17) is 5.26 Å². The summed E-state index contributed by atoms with van der Waals surface area (Å²) in [7, 11) is 0. The van der Waals surface area contributed by atoms with Crippen molar-refractivity contribution < 1.29 is 23.1 Å². The van der Waals surface area contributed by atoms with Gasteiger partial charge in [-0.05, 0) is 26.3 Å². The molecule has 35 heavy (non-hydrogen) atoms. The van der Waals surface area contributed by atoms with Crippen molar-refractivity contribution >= 4 is 22.6 Å². The molecule has 2 atom stereocenters. The molecule has 3 heterocycles. The predicted molar refractivity (Wildman–Crippen MR) is 121 cm³/mol. The van der Waals surface area contributed by atoms with E-state index < -0.39 is 36.2 Å². The SMILES string of the molecule is CC(C)(O)[C@H](F)CNC(=O)c1cnc(-n2ncc3cc(C#N)cnc32)cc1NC1CCC(F)(F)C1. The van der Waals surface area contributed by atoms with Gasteiger partial charge in [0.1, 0.15) is 12.2 Å². The molecule has 0 saturated heterocycles. The first-order valence-corrected chi connectivity index (χ1v) is 11.0. The third kappa shape index (κ3) is 5.35. The zero-order valence-electron chi connectivity index (χ0n) is 19.1. The third-order valence-electron chi connectivity index (χ3n) is 5.86. The van der Waals surface area contributed by atoms with Crippen molar-refractivity contribution in [3.05, 3.63) is 41.9 Å². The number of rotatable bonds is 7. The minimum Gasteiger partial charge on any atom is -0.387 e. The number of aliphatic hydroxyl groups is 1. The summed E-state index contributed by atoms with van der Waals surface area (Å²) in [5.74, 6) is -3.21. The Morgan fingerprint density at radius 1 is 1.34 bits per heavy atom. The van der Waals surface area contributed by atoms with E-state index in [2.05, 4.69) is 25.7 Å². The summed E-state index contributed by atoms with van der Waals surface area (Å²) in [6.07, 6.45) is 1.97. The second kappa shape index (κ2) is 9.14. The molecule has 184 valence electrons. The minimum atomic E-state index is -2.80. The first-order chi connectivity index (χ1) is 16.5. The number of amides is 1. The number of anilines is 1. The molecule has 0 spiro atoms. The van der Waals surface area contributed by atoms with Gasteiger partial charge in [0.05, 0.1) is 35.2 Å². The second-order valence-electron chi connectivity index (χ2n) is 9.16. The molecule has 1 saturated carbocycles. The van der Waals surface area contributed by atoms with Gasteiger partial charge in [-0.2, -0.15) is 15.0 Å². The van der Waals surface area contributed by atoms with Gasteiger partial charge in [-0.15, -0.1) is 0 Å². The number of hydrogen-bond acceptors (Lipinski definition) is 7. The summed E-state index contributed by atoms with van der Waals surface area (Å²) in [4.78, 5) is 21.3. The van der Waals surface area contributed by atoms with Crippen molar-refractivity contribution in [3.8, 4) is 11.9 Å². The molecule has 3 N–H and O–H groups in total. The molecule has 0 aromatic carbocycles. The van der Waals surface area contributed by atoms with Gasteiger partial charge in [0, 0.05) is 42.7 Å². The average Bonchev–Trinajstić information content (AvgIpc) is 3.38. The Morgan fingerprint density at radius 2 is 2.11 bits per heavy atom. The Hall–Kier alpha value is -3.72. The van der Waals surface area contributed by atoms with E-state index >= 15 is 0 Å². The van der Waals surface area contributed by atoms with E-state index in [9.17, 15) is 23.1 Å². The number of nitrogens with one attached hydrogen (secondary N) is 2. The summed E-state index contributed by atoms with van der Waals surface area (Å²) in [5, 5.41) is 29.1. The van der Waals surface area contributed by atoms with E-state index in [0.717, 1.165) is 0 Å². The zero-order chi connectivity index (χ0) is 25.4. The lowest BCUT2D eigenvalue weighted by atomic mass is 10.0. The van der Waals surface area contributed by atoms with Gasteiger partial charge in [0.25, 0.3) is 5.91 Å². The molecule has 12 heteroatoms. The third-order valence-corrected chi connectivity index (χ3v) is 5.86. The van der Waals surface area contributed by atoms with E-state index in [1.807, 2.05) is 6.07 Å². The topological polar surface area (TPSA) is 129 Å². The largest absolute Gasteiger partial charge is 0.387 e. The Balaban J connectivity index is 1.66. The number of pyridine rings is 2. The second-order valence-corrected chi connectivity index (χ2v) is 9.16. The van der Waals surface area contributed by atoms with E-state index in [0.29, 0.717) is 16.6 Å². The van der Waals surface area contributed by atoms with Gasteiger partial charge >= 0.3 is 0 Å². The molecule has 4 rings (SSSR count). The molecule has 9 nitrogen and oxygen atoms in total. The van der Waals surface area contributed by atoms with Crippen LogP contribution in [-0.2, 0) is 0 Å². The molecule has 0 radical (unpaired) electrons.